The van der Waals surface area contributed by atoms with Crippen LogP contribution in [0.3, 0.4) is 0 Å². The quantitative estimate of drug-likeness (QED) is 0.559. The molecule has 0 aromatic carbocycles. The molecule has 0 bridgehead atoms. The van der Waals surface area contributed by atoms with Gasteiger partial charge in [0.15, 0.2) is 0 Å². The van der Waals surface area contributed by atoms with Gasteiger partial charge in [-0.3, -0.25) is 19.3 Å². The van der Waals surface area contributed by atoms with Crippen molar-refractivity contribution in [2.45, 2.75) is 31.7 Å². The van der Waals surface area contributed by atoms with Crippen LogP contribution in [0.15, 0.2) is 0 Å². The molecule has 3 saturated heterocycles. The maximum atomic E-state index is 12.4. The first-order chi connectivity index (χ1) is 12.1. The molecule has 3 rings (SSSR count). The van der Waals surface area contributed by atoms with Gasteiger partial charge in [0.2, 0.25) is 17.7 Å². The predicted octanol–water partition coefficient (Wildman–Crippen LogP) is -1.05. The number of nitrogens with one attached hydrogen (secondary N) is 3. The lowest BCUT2D eigenvalue weighted by Crippen LogP contribution is -2.53. The summed E-state index contributed by atoms with van der Waals surface area (Å²) < 4.78 is 0. The van der Waals surface area contributed by atoms with Crippen molar-refractivity contribution in [2.24, 2.45) is 5.92 Å². The topological polar surface area (TPSA) is 93.8 Å². The lowest BCUT2D eigenvalue weighted by Gasteiger charge is -2.34. The van der Waals surface area contributed by atoms with Crippen molar-refractivity contribution < 1.29 is 14.4 Å². The third-order valence-electron chi connectivity index (χ3n) is 5.29. The number of halogens is 1. The molecule has 0 spiro atoms. The van der Waals surface area contributed by atoms with Gasteiger partial charge in [0, 0.05) is 26.2 Å². The second kappa shape index (κ2) is 10.1. The molecule has 3 aliphatic rings. The zero-order valence-electron chi connectivity index (χ0n) is 15.2. The first-order valence-corrected chi connectivity index (χ1v) is 9.40. The average molecular weight is 388 g/mol. The first kappa shape index (κ1) is 20.9. The van der Waals surface area contributed by atoms with E-state index in [1.807, 2.05) is 0 Å². The van der Waals surface area contributed by atoms with Gasteiger partial charge in [-0.1, -0.05) is 0 Å². The Morgan fingerprint density at radius 1 is 1.15 bits per heavy atom. The smallest absolute Gasteiger partial charge is 0.239 e. The number of carbonyl (C=O) groups is 3. The molecule has 26 heavy (non-hydrogen) atoms. The van der Waals surface area contributed by atoms with Crippen LogP contribution < -0.4 is 16.0 Å². The van der Waals surface area contributed by atoms with Crippen LogP contribution in [0.4, 0.5) is 0 Å². The second-order valence-electron chi connectivity index (χ2n) is 7.30. The van der Waals surface area contributed by atoms with Gasteiger partial charge >= 0.3 is 0 Å². The van der Waals surface area contributed by atoms with E-state index in [2.05, 4.69) is 20.9 Å². The van der Waals surface area contributed by atoms with Crippen LogP contribution in [0.5, 0.6) is 0 Å². The van der Waals surface area contributed by atoms with Crippen LogP contribution in [0.25, 0.3) is 0 Å². The van der Waals surface area contributed by atoms with E-state index in [0.717, 1.165) is 45.3 Å². The van der Waals surface area contributed by atoms with E-state index in [0.29, 0.717) is 32.1 Å². The third-order valence-corrected chi connectivity index (χ3v) is 5.29. The molecule has 3 amide bonds. The third kappa shape index (κ3) is 5.82. The second-order valence-corrected chi connectivity index (χ2v) is 7.30. The van der Waals surface area contributed by atoms with Crippen LogP contribution in [-0.2, 0) is 14.4 Å². The molecule has 0 saturated carbocycles. The Morgan fingerprint density at radius 2 is 2.00 bits per heavy atom. The van der Waals surface area contributed by atoms with Crippen LogP contribution in [-0.4, -0.2) is 85.9 Å². The number of rotatable bonds is 5. The normalized spacial score (nSPS) is 26.8. The number of piperidine rings is 1. The monoisotopic (exact) mass is 387 g/mol. The zero-order valence-corrected chi connectivity index (χ0v) is 16.0. The van der Waals surface area contributed by atoms with E-state index in [1.54, 1.807) is 4.90 Å². The number of carbonyl (C=O) groups excluding carboxylic acids is 3. The van der Waals surface area contributed by atoms with Gasteiger partial charge in [-0.2, -0.15) is 0 Å². The van der Waals surface area contributed by atoms with E-state index in [-0.39, 0.29) is 42.7 Å². The number of amides is 3. The van der Waals surface area contributed by atoms with Crippen LogP contribution in [0.2, 0.25) is 0 Å². The largest absolute Gasteiger partial charge is 0.354 e. The van der Waals surface area contributed by atoms with Gasteiger partial charge in [-0.05, 0) is 44.7 Å². The molecule has 0 radical (unpaired) electrons. The van der Waals surface area contributed by atoms with Gasteiger partial charge in [-0.15, -0.1) is 12.4 Å². The summed E-state index contributed by atoms with van der Waals surface area (Å²) in [7, 11) is 0. The minimum absolute atomic E-state index is 0. The lowest BCUT2D eigenvalue weighted by molar-refractivity contribution is -0.139. The SMILES string of the molecule is Cl.O=C1CN(C(=O)CN2CCCC(CNC(=O)C3CCCN3)C2)CCN1. The van der Waals surface area contributed by atoms with Gasteiger partial charge in [0.1, 0.15) is 0 Å². The first-order valence-electron chi connectivity index (χ1n) is 9.40. The molecule has 3 aliphatic heterocycles. The predicted molar refractivity (Wildman–Crippen MR) is 100 cm³/mol. The highest BCUT2D eigenvalue weighted by atomic mass is 35.5. The fraction of sp³-hybridized carbons (Fsp3) is 0.824. The summed E-state index contributed by atoms with van der Waals surface area (Å²) in [6, 6.07) is -0.0356. The van der Waals surface area contributed by atoms with Crippen LogP contribution in [0.1, 0.15) is 25.7 Å². The molecule has 0 aromatic rings. The number of hydrogen-bond acceptors (Lipinski definition) is 5. The summed E-state index contributed by atoms with van der Waals surface area (Å²) >= 11 is 0. The van der Waals surface area contributed by atoms with Gasteiger partial charge < -0.3 is 20.9 Å². The standard InChI is InChI=1S/C17H29N5O3.ClH/c23-15-11-22(8-6-19-15)16(24)12-21-7-2-3-13(10-21)9-20-17(25)14-4-1-5-18-14;/h13-14,18H,1-12H2,(H,19,23)(H,20,25);1H. The van der Waals surface area contributed by atoms with E-state index in [9.17, 15) is 14.4 Å². The maximum absolute atomic E-state index is 12.4. The molecule has 0 aliphatic carbocycles. The summed E-state index contributed by atoms with van der Waals surface area (Å²) in [5.74, 6) is 0.427. The molecule has 3 heterocycles. The molecule has 2 unspecified atom stereocenters. The maximum Gasteiger partial charge on any atom is 0.239 e. The zero-order chi connectivity index (χ0) is 17.6. The average Bonchev–Trinajstić information content (AvgIpc) is 3.15. The lowest BCUT2D eigenvalue weighted by atomic mass is 9.97. The van der Waals surface area contributed by atoms with Gasteiger partial charge in [0.25, 0.3) is 0 Å². The Morgan fingerprint density at radius 3 is 2.73 bits per heavy atom. The summed E-state index contributed by atoms with van der Waals surface area (Å²) in [6.45, 7) is 4.98. The Hall–Kier alpha value is -1.38. The van der Waals surface area contributed by atoms with Gasteiger partial charge in [0.05, 0.1) is 19.1 Å². The van der Waals surface area contributed by atoms with Crippen LogP contribution in [0, 0.1) is 5.92 Å². The molecule has 0 aromatic heterocycles. The van der Waals surface area contributed by atoms with Crippen molar-refractivity contribution in [1.82, 2.24) is 25.8 Å². The molecule has 3 N–H and O–H groups in total. The van der Waals surface area contributed by atoms with Crippen molar-refractivity contribution >= 4 is 30.1 Å². The molecular formula is C17H30ClN5O3. The summed E-state index contributed by atoms with van der Waals surface area (Å²) in [6.07, 6.45) is 4.09. The Kier molecular flexibility index (Phi) is 8.12. The number of likely N-dealkylation sites (tertiary alicyclic amines) is 1. The number of hydrogen-bond donors (Lipinski definition) is 3. The number of nitrogens with zero attached hydrogens (tertiary/aromatic N) is 2. The van der Waals surface area contributed by atoms with Crippen molar-refractivity contribution in [3.8, 4) is 0 Å². The van der Waals surface area contributed by atoms with Crippen molar-refractivity contribution in [3.05, 3.63) is 0 Å². The number of piperazine rings is 1. The summed E-state index contributed by atoms with van der Waals surface area (Å²) in [5.41, 5.74) is 0. The fourth-order valence-corrected chi connectivity index (χ4v) is 3.88. The molecule has 9 heteroatoms. The Bertz CT molecular complexity index is 513. The van der Waals surface area contributed by atoms with Crippen molar-refractivity contribution in [1.29, 1.82) is 0 Å². The molecule has 8 nitrogen and oxygen atoms in total. The van der Waals surface area contributed by atoms with Gasteiger partial charge in [-0.25, -0.2) is 0 Å². The highest BCUT2D eigenvalue weighted by Crippen LogP contribution is 2.16. The minimum atomic E-state index is -0.0839. The Labute approximate surface area is 160 Å². The van der Waals surface area contributed by atoms with E-state index in [4.69, 9.17) is 0 Å². The molecule has 148 valence electrons. The molecule has 2 atom stereocenters. The Balaban J connectivity index is 0.00000243. The van der Waals surface area contributed by atoms with E-state index < -0.39 is 0 Å². The van der Waals surface area contributed by atoms with Crippen molar-refractivity contribution in [3.63, 3.8) is 0 Å². The summed E-state index contributed by atoms with van der Waals surface area (Å²) in [4.78, 5) is 39.7. The minimum Gasteiger partial charge on any atom is -0.354 e. The van der Waals surface area contributed by atoms with Crippen LogP contribution >= 0.6 is 12.4 Å². The molecular weight excluding hydrogens is 358 g/mol. The molecule has 3 fully saturated rings. The fourth-order valence-electron chi connectivity index (χ4n) is 3.88. The van der Waals surface area contributed by atoms with E-state index >= 15 is 0 Å². The summed E-state index contributed by atoms with van der Waals surface area (Å²) in [5, 5.41) is 9.01. The van der Waals surface area contributed by atoms with E-state index in [1.165, 1.54) is 0 Å². The highest BCUT2D eigenvalue weighted by Gasteiger charge is 2.27. The highest BCUT2D eigenvalue weighted by molar-refractivity contribution is 5.86. The van der Waals surface area contributed by atoms with Crippen molar-refractivity contribution in [2.75, 3.05) is 52.4 Å².